The summed E-state index contributed by atoms with van der Waals surface area (Å²) >= 11 is 0. The Morgan fingerprint density at radius 1 is 1.44 bits per heavy atom. The third-order valence-corrected chi connectivity index (χ3v) is 4.85. The average molecular weight is 345 g/mol. The molecule has 0 aromatic carbocycles. The fraction of sp³-hybridized carbons (Fsp3) is 0.611. The van der Waals surface area contributed by atoms with Gasteiger partial charge >= 0.3 is 0 Å². The molecule has 0 spiro atoms. The van der Waals surface area contributed by atoms with E-state index in [1.165, 1.54) is 5.69 Å². The molecule has 136 valence electrons. The van der Waals surface area contributed by atoms with Crippen molar-refractivity contribution in [2.45, 2.75) is 59.0 Å². The zero-order valence-electron chi connectivity index (χ0n) is 15.7. The number of imidazole rings is 1. The Balaban J connectivity index is 1.74. The van der Waals surface area contributed by atoms with Gasteiger partial charge in [-0.3, -0.25) is 9.69 Å². The number of anilines is 1. The second-order valence-electron chi connectivity index (χ2n) is 7.03. The molecular weight excluding hydrogens is 318 g/mol. The normalized spacial score (nSPS) is 16.1. The van der Waals surface area contributed by atoms with Crippen LogP contribution in [0.3, 0.4) is 0 Å². The number of nitrogens with zero attached hydrogens (tertiary/aromatic N) is 4. The van der Waals surface area contributed by atoms with E-state index in [1.807, 2.05) is 6.92 Å². The molecule has 7 nitrogen and oxygen atoms in total. The number of aryl methyl sites for hydroxylation is 1. The summed E-state index contributed by atoms with van der Waals surface area (Å²) in [6.07, 6.45) is 1.65. The van der Waals surface area contributed by atoms with Crippen molar-refractivity contribution in [3.63, 3.8) is 0 Å². The quantitative estimate of drug-likeness (QED) is 0.901. The van der Waals surface area contributed by atoms with Crippen LogP contribution >= 0.6 is 0 Å². The third kappa shape index (κ3) is 3.46. The lowest BCUT2D eigenvalue weighted by Gasteiger charge is -2.32. The number of carbonyl (C=O) groups is 1. The first-order valence-electron chi connectivity index (χ1n) is 8.93. The molecule has 1 aliphatic rings. The van der Waals surface area contributed by atoms with Crippen molar-refractivity contribution in [1.29, 1.82) is 0 Å². The van der Waals surface area contributed by atoms with E-state index in [1.54, 1.807) is 13.0 Å². The van der Waals surface area contributed by atoms with E-state index in [9.17, 15) is 4.79 Å². The highest BCUT2D eigenvalue weighted by Crippen LogP contribution is 2.25. The van der Waals surface area contributed by atoms with Crippen LogP contribution < -0.4 is 5.32 Å². The van der Waals surface area contributed by atoms with Gasteiger partial charge in [-0.15, -0.1) is 0 Å². The molecule has 1 unspecified atom stereocenters. The minimum atomic E-state index is -0.199. The van der Waals surface area contributed by atoms with Crippen LogP contribution in [0.5, 0.6) is 0 Å². The van der Waals surface area contributed by atoms with E-state index in [-0.39, 0.29) is 11.9 Å². The van der Waals surface area contributed by atoms with Crippen LogP contribution in [0.4, 0.5) is 5.82 Å². The predicted octanol–water partition coefficient (Wildman–Crippen LogP) is 2.62. The summed E-state index contributed by atoms with van der Waals surface area (Å²) < 4.78 is 7.24. The van der Waals surface area contributed by atoms with Crippen molar-refractivity contribution in [2.75, 3.05) is 11.9 Å². The first-order chi connectivity index (χ1) is 11.9. The molecular formula is C18H27N5O2. The van der Waals surface area contributed by atoms with Crippen LogP contribution in [-0.2, 0) is 24.8 Å². The van der Waals surface area contributed by atoms with Gasteiger partial charge in [0.25, 0.3) is 0 Å². The van der Waals surface area contributed by atoms with E-state index < -0.39 is 0 Å². The Hall–Kier alpha value is -2.15. The molecule has 3 heterocycles. The zero-order chi connectivity index (χ0) is 18.1. The molecule has 0 fully saturated rings. The second kappa shape index (κ2) is 7.00. The number of carbonyl (C=O) groups excluding carboxylic acids is 1. The SMILES string of the molecule is CCC(C(=O)Nc1cc(C)on1)N1CCc2c(nc(C(C)C)n2C)C1. The number of rotatable bonds is 5. The van der Waals surface area contributed by atoms with Crippen LogP contribution in [0.25, 0.3) is 0 Å². The van der Waals surface area contributed by atoms with Crippen molar-refractivity contribution in [3.05, 3.63) is 29.0 Å². The van der Waals surface area contributed by atoms with Gasteiger partial charge in [-0.1, -0.05) is 25.9 Å². The molecule has 25 heavy (non-hydrogen) atoms. The van der Waals surface area contributed by atoms with Crippen LogP contribution in [0.2, 0.25) is 0 Å². The highest BCUT2D eigenvalue weighted by Gasteiger charge is 2.31. The second-order valence-corrected chi connectivity index (χ2v) is 7.03. The molecule has 0 bridgehead atoms. The predicted molar refractivity (Wildman–Crippen MR) is 95.4 cm³/mol. The van der Waals surface area contributed by atoms with E-state index in [0.717, 1.165) is 30.9 Å². The number of hydrogen-bond acceptors (Lipinski definition) is 5. The largest absolute Gasteiger partial charge is 0.360 e. The van der Waals surface area contributed by atoms with E-state index in [0.29, 0.717) is 24.0 Å². The maximum atomic E-state index is 12.7. The number of amides is 1. The summed E-state index contributed by atoms with van der Waals surface area (Å²) in [4.78, 5) is 19.7. The van der Waals surface area contributed by atoms with Gasteiger partial charge in [-0.05, 0) is 13.3 Å². The average Bonchev–Trinajstić information content (AvgIpc) is 3.11. The minimum absolute atomic E-state index is 0.0423. The first-order valence-corrected chi connectivity index (χ1v) is 8.93. The van der Waals surface area contributed by atoms with Crippen molar-refractivity contribution < 1.29 is 9.32 Å². The fourth-order valence-corrected chi connectivity index (χ4v) is 3.60. The Morgan fingerprint density at radius 2 is 2.20 bits per heavy atom. The van der Waals surface area contributed by atoms with Gasteiger partial charge in [0.15, 0.2) is 5.82 Å². The van der Waals surface area contributed by atoms with Gasteiger partial charge in [0.1, 0.15) is 11.6 Å². The van der Waals surface area contributed by atoms with Crippen molar-refractivity contribution in [3.8, 4) is 0 Å². The summed E-state index contributed by atoms with van der Waals surface area (Å²) in [5.41, 5.74) is 2.39. The summed E-state index contributed by atoms with van der Waals surface area (Å²) in [6, 6.07) is 1.53. The van der Waals surface area contributed by atoms with Gasteiger partial charge < -0.3 is 14.4 Å². The zero-order valence-corrected chi connectivity index (χ0v) is 15.7. The highest BCUT2D eigenvalue weighted by molar-refractivity contribution is 5.94. The van der Waals surface area contributed by atoms with Gasteiger partial charge in [0.05, 0.1) is 11.7 Å². The van der Waals surface area contributed by atoms with Gasteiger partial charge in [0, 0.05) is 44.2 Å². The fourth-order valence-electron chi connectivity index (χ4n) is 3.60. The molecule has 0 saturated heterocycles. The van der Waals surface area contributed by atoms with E-state index in [4.69, 9.17) is 9.51 Å². The van der Waals surface area contributed by atoms with Gasteiger partial charge in [-0.2, -0.15) is 0 Å². The molecule has 2 aromatic heterocycles. The molecule has 7 heteroatoms. The maximum Gasteiger partial charge on any atom is 0.242 e. The van der Waals surface area contributed by atoms with Gasteiger partial charge in [0.2, 0.25) is 5.91 Å². The molecule has 0 saturated carbocycles. The van der Waals surface area contributed by atoms with Crippen LogP contribution in [0.15, 0.2) is 10.6 Å². The van der Waals surface area contributed by atoms with Crippen molar-refractivity contribution in [2.24, 2.45) is 7.05 Å². The maximum absolute atomic E-state index is 12.7. The lowest BCUT2D eigenvalue weighted by Crippen LogP contribution is -2.46. The first kappa shape index (κ1) is 17.7. The number of nitrogens with one attached hydrogen (secondary N) is 1. The monoisotopic (exact) mass is 345 g/mol. The topological polar surface area (TPSA) is 76.2 Å². The Bertz CT molecular complexity index is 762. The summed E-state index contributed by atoms with van der Waals surface area (Å²) in [5, 5.41) is 6.71. The Morgan fingerprint density at radius 3 is 2.80 bits per heavy atom. The van der Waals surface area contributed by atoms with Gasteiger partial charge in [-0.25, -0.2) is 4.98 Å². The molecule has 1 atom stereocenters. The molecule has 1 aliphatic heterocycles. The molecule has 1 N–H and O–H groups in total. The number of hydrogen-bond donors (Lipinski definition) is 1. The highest BCUT2D eigenvalue weighted by atomic mass is 16.5. The van der Waals surface area contributed by atoms with Crippen LogP contribution in [0, 0.1) is 6.92 Å². The van der Waals surface area contributed by atoms with E-state index in [2.05, 4.69) is 40.8 Å². The molecule has 1 amide bonds. The van der Waals surface area contributed by atoms with Crippen molar-refractivity contribution >= 4 is 11.7 Å². The van der Waals surface area contributed by atoms with E-state index >= 15 is 0 Å². The standard InChI is InChI=1S/C18H27N5O2/c1-6-14(18(24)20-16-9-12(4)25-21-16)23-8-7-15-13(10-23)19-17(11(2)3)22(15)5/h9,11,14H,6-8,10H2,1-5H3,(H,20,21,24). The van der Waals surface area contributed by atoms with Crippen LogP contribution in [-0.4, -0.2) is 38.1 Å². The number of aromatic nitrogens is 3. The Kier molecular flexibility index (Phi) is 4.94. The van der Waals surface area contributed by atoms with Crippen molar-refractivity contribution in [1.82, 2.24) is 19.6 Å². The third-order valence-electron chi connectivity index (χ3n) is 4.85. The summed E-state index contributed by atoms with van der Waals surface area (Å²) in [6.45, 7) is 9.72. The van der Waals surface area contributed by atoms with Crippen LogP contribution in [0.1, 0.15) is 56.1 Å². The molecule has 0 radical (unpaired) electrons. The smallest absolute Gasteiger partial charge is 0.242 e. The Labute approximate surface area is 148 Å². The lowest BCUT2D eigenvalue weighted by atomic mass is 10.1. The molecule has 0 aliphatic carbocycles. The lowest BCUT2D eigenvalue weighted by molar-refractivity contribution is -0.121. The molecule has 2 aromatic rings. The number of fused-ring (bicyclic) bond motifs is 1. The minimum Gasteiger partial charge on any atom is -0.360 e. The summed E-state index contributed by atoms with van der Waals surface area (Å²) in [5.74, 6) is 2.62. The summed E-state index contributed by atoms with van der Waals surface area (Å²) in [7, 11) is 2.09. The molecule has 3 rings (SSSR count).